The van der Waals surface area contributed by atoms with Gasteiger partial charge < -0.3 is 10.9 Å². The Morgan fingerprint density at radius 2 is 1.86 bits per heavy atom. The Kier molecular flexibility index (Phi) is 3.24. The van der Waals surface area contributed by atoms with Crippen molar-refractivity contribution >= 4 is 5.71 Å². The van der Waals surface area contributed by atoms with Crippen molar-refractivity contribution in [2.75, 3.05) is 0 Å². The first-order chi connectivity index (χ1) is 10.5. The van der Waals surface area contributed by atoms with Gasteiger partial charge in [-0.3, -0.25) is 0 Å². The first-order valence-corrected chi connectivity index (χ1v) is 9.14. The van der Waals surface area contributed by atoms with E-state index < -0.39 is 0 Å². The summed E-state index contributed by atoms with van der Waals surface area (Å²) in [7, 11) is 0. The van der Waals surface area contributed by atoms with E-state index in [1.807, 2.05) is 0 Å². The highest BCUT2D eigenvalue weighted by molar-refractivity contribution is 5.92. The number of hydrogen-bond acceptors (Lipinski definition) is 3. The Morgan fingerprint density at radius 3 is 2.64 bits per heavy atom. The second kappa shape index (κ2) is 4.83. The van der Waals surface area contributed by atoms with Crippen LogP contribution < -0.4 is 5.84 Å². The monoisotopic (exact) mass is 302 g/mol. The molecule has 0 aromatic heterocycles. The van der Waals surface area contributed by atoms with E-state index >= 15 is 0 Å². The molecule has 3 heteroatoms. The summed E-state index contributed by atoms with van der Waals surface area (Å²) >= 11 is 0. The lowest BCUT2D eigenvalue weighted by atomic mass is 9.48. The Bertz CT molecular complexity index is 540. The summed E-state index contributed by atoms with van der Waals surface area (Å²) in [5.74, 6) is 8.04. The first kappa shape index (κ1) is 14.7. The van der Waals surface area contributed by atoms with E-state index in [2.05, 4.69) is 25.0 Å². The molecule has 0 aliphatic heterocycles. The van der Waals surface area contributed by atoms with Crippen LogP contribution in [0.25, 0.3) is 0 Å². The Labute approximate surface area is 134 Å². The van der Waals surface area contributed by atoms with Gasteiger partial charge in [-0.15, -0.1) is 0 Å². The van der Waals surface area contributed by atoms with Crippen LogP contribution in [0, 0.1) is 28.6 Å². The van der Waals surface area contributed by atoms with Crippen LogP contribution in [0.4, 0.5) is 0 Å². The molecule has 22 heavy (non-hydrogen) atoms. The summed E-state index contributed by atoms with van der Waals surface area (Å²) in [6.45, 7) is 4.90. The normalized spacial score (nSPS) is 52.7. The fourth-order valence-corrected chi connectivity index (χ4v) is 6.64. The maximum atomic E-state index is 10.0. The van der Waals surface area contributed by atoms with Crippen molar-refractivity contribution < 1.29 is 5.11 Å². The van der Waals surface area contributed by atoms with Gasteiger partial charge in [0, 0.05) is 11.1 Å². The minimum absolute atomic E-state index is 0.104. The van der Waals surface area contributed by atoms with Crippen molar-refractivity contribution in [3.8, 4) is 0 Å². The van der Waals surface area contributed by atoms with Crippen molar-refractivity contribution in [1.29, 1.82) is 0 Å². The molecule has 3 N–H and O–H groups in total. The molecule has 6 atom stereocenters. The standard InChI is InChI=1S/C19H30N2O/c1-18-9-7-13(22)11-12(18)3-4-14-15-5-6-17(21-20)19(15,2)10-8-16(14)18/h3,13-16,22H,4-11,20H2,1-2H3/b21-17+/t13?,14?,15?,16?,18-,19-/m0/s1. The van der Waals surface area contributed by atoms with Crippen LogP contribution in [0.5, 0.6) is 0 Å². The van der Waals surface area contributed by atoms with Gasteiger partial charge in [0.2, 0.25) is 0 Å². The third kappa shape index (κ3) is 1.81. The number of hydrazone groups is 1. The highest BCUT2D eigenvalue weighted by atomic mass is 16.3. The predicted molar refractivity (Wildman–Crippen MR) is 89.3 cm³/mol. The van der Waals surface area contributed by atoms with Crippen LogP contribution >= 0.6 is 0 Å². The quantitative estimate of drug-likeness (QED) is 0.408. The summed E-state index contributed by atoms with van der Waals surface area (Å²) in [5, 5.41) is 14.2. The number of rotatable bonds is 0. The Hall–Kier alpha value is -0.830. The molecule has 4 aliphatic carbocycles. The molecule has 3 nitrogen and oxygen atoms in total. The van der Waals surface area contributed by atoms with Crippen LogP contribution in [-0.2, 0) is 0 Å². The topological polar surface area (TPSA) is 58.6 Å². The third-order valence-corrected chi connectivity index (χ3v) is 7.97. The Morgan fingerprint density at radius 1 is 1.14 bits per heavy atom. The van der Waals surface area contributed by atoms with Gasteiger partial charge in [-0.25, -0.2) is 0 Å². The van der Waals surface area contributed by atoms with E-state index in [0.29, 0.717) is 5.41 Å². The number of hydrogen-bond donors (Lipinski definition) is 2. The molecule has 0 heterocycles. The average Bonchev–Trinajstić information content (AvgIpc) is 2.84. The summed E-state index contributed by atoms with van der Waals surface area (Å²) < 4.78 is 0. The lowest BCUT2D eigenvalue weighted by Crippen LogP contribution is -2.50. The van der Waals surface area contributed by atoms with Crippen molar-refractivity contribution in [2.24, 2.45) is 39.5 Å². The van der Waals surface area contributed by atoms with Crippen LogP contribution in [0.1, 0.15) is 65.2 Å². The second-order valence-corrected chi connectivity index (χ2v) is 8.73. The van der Waals surface area contributed by atoms with E-state index in [-0.39, 0.29) is 11.5 Å². The minimum atomic E-state index is -0.104. The zero-order chi connectivity index (χ0) is 15.5. The fourth-order valence-electron chi connectivity index (χ4n) is 6.64. The van der Waals surface area contributed by atoms with Gasteiger partial charge in [0.25, 0.3) is 0 Å². The minimum Gasteiger partial charge on any atom is -0.393 e. The first-order valence-electron chi connectivity index (χ1n) is 9.14. The molecule has 3 saturated carbocycles. The van der Waals surface area contributed by atoms with Crippen molar-refractivity contribution in [1.82, 2.24) is 0 Å². The molecule has 0 bridgehead atoms. The molecule has 4 unspecified atom stereocenters. The van der Waals surface area contributed by atoms with Gasteiger partial charge in [-0.1, -0.05) is 25.5 Å². The molecule has 3 fully saturated rings. The molecule has 0 spiro atoms. The molecule has 0 aromatic rings. The number of aliphatic hydroxyl groups excluding tert-OH is 1. The average molecular weight is 302 g/mol. The summed E-state index contributed by atoms with van der Waals surface area (Å²) in [6, 6.07) is 0. The fraction of sp³-hybridized carbons (Fsp3) is 0.842. The molecule has 0 amide bonds. The van der Waals surface area contributed by atoms with Gasteiger partial charge in [-0.2, -0.15) is 5.10 Å². The molecule has 0 radical (unpaired) electrons. The molecular formula is C19H30N2O. The maximum Gasteiger partial charge on any atom is 0.0577 e. The number of nitrogens with two attached hydrogens (primary N) is 1. The summed E-state index contributed by atoms with van der Waals surface area (Å²) in [5.41, 5.74) is 3.43. The molecule has 4 aliphatic rings. The zero-order valence-electron chi connectivity index (χ0n) is 14.0. The third-order valence-electron chi connectivity index (χ3n) is 7.97. The van der Waals surface area contributed by atoms with Gasteiger partial charge in [-0.05, 0) is 74.5 Å². The molecule has 0 saturated heterocycles. The summed E-state index contributed by atoms with van der Waals surface area (Å²) in [6.07, 6.45) is 11.6. The maximum absolute atomic E-state index is 10.0. The van der Waals surface area contributed by atoms with E-state index in [1.54, 1.807) is 5.57 Å². The Balaban J connectivity index is 1.69. The molecular weight excluding hydrogens is 272 g/mol. The van der Waals surface area contributed by atoms with E-state index in [0.717, 1.165) is 37.0 Å². The molecule has 4 rings (SSSR count). The molecule has 122 valence electrons. The lowest BCUT2D eigenvalue weighted by Gasteiger charge is -2.57. The summed E-state index contributed by atoms with van der Waals surface area (Å²) in [4.78, 5) is 0. The van der Waals surface area contributed by atoms with Crippen molar-refractivity contribution in [3.63, 3.8) is 0 Å². The van der Waals surface area contributed by atoms with Gasteiger partial charge in [0.05, 0.1) is 6.10 Å². The van der Waals surface area contributed by atoms with Gasteiger partial charge >= 0.3 is 0 Å². The van der Waals surface area contributed by atoms with Gasteiger partial charge in [0.1, 0.15) is 0 Å². The van der Waals surface area contributed by atoms with Crippen LogP contribution in [-0.4, -0.2) is 16.9 Å². The van der Waals surface area contributed by atoms with E-state index in [4.69, 9.17) is 5.84 Å². The molecule has 0 aromatic carbocycles. The smallest absolute Gasteiger partial charge is 0.0577 e. The van der Waals surface area contributed by atoms with Crippen LogP contribution in [0.15, 0.2) is 16.8 Å². The largest absolute Gasteiger partial charge is 0.393 e. The number of aliphatic hydroxyl groups is 1. The SMILES string of the molecule is C[C@]12CCC(O)CC1=CCC1C2CC[C@]2(C)/C(=N/N)CCC12. The van der Waals surface area contributed by atoms with Crippen molar-refractivity contribution in [3.05, 3.63) is 11.6 Å². The lowest BCUT2D eigenvalue weighted by molar-refractivity contribution is -0.0209. The number of fused-ring (bicyclic) bond motifs is 5. The second-order valence-electron chi connectivity index (χ2n) is 8.73. The van der Waals surface area contributed by atoms with Crippen LogP contribution in [0.3, 0.4) is 0 Å². The van der Waals surface area contributed by atoms with Gasteiger partial charge in [0.15, 0.2) is 0 Å². The van der Waals surface area contributed by atoms with Crippen molar-refractivity contribution in [2.45, 2.75) is 71.3 Å². The van der Waals surface area contributed by atoms with Crippen LogP contribution in [0.2, 0.25) is 0 Å². The van der Waals surface area contributed by atoms with E-state index in [1.165, 1.54) is 37.8 Å². The highest BCUT2D eigenvalue weighted by Crippen LogP contribution is 2.64. The highest BCUT2D eigenvalue weighted by Gasteiger charge is 2.57. The number of nitrogens with zero attached hydrogens (tertiary/aromatic N) is 1. The number of allylic oxidation sites excluding steroid dienone is 1. The predicted octanol–water partition coefficient (Wildman–Crippen LogP) is 3.62. The zero-order valence-corrected chi connectivity index (χ0v) is 14.0. The van der Waals surface area contributed by atoms with E-state index in [9.17, 15) is 5.11 Å².